The summed E-state index contributed by atoms with van der Waals surface area (Å²) in [6, 6.07) is 0. The number of carbonyl (C=O) groups is 1. The van der Waals surface area contributed by atoms with Gasteiger partial charge in [-0.3, -0.25) is 4.79 Å². The minimum absolute atomic E-state index is 0.0378. The molecule has 0 aromatic heterocycles. The minimum atomic E-state index is -0.339. The van der Waals surface area contributed by atoms with Crippen LogP contribution in [0.4, 0.5) is 0 Å². The van der Waals surface area contributed by atoms with Crippen LogP contribution in [-0.4, -0.2) is 32.2 Å². The fraction of sp³-hybridized carbons (Fsp3) is 0.857. The average Bonchev–Trinajstić information content (AvgIpc) is 2.00. The summed E-state index contributed by atoms with van der Waals surface area (Å²) in [6.45, 7) is 2.66. The Morgan fingerprint density at radius 3 is 2.82 bits per heavy atom. The van der Waals surface area contributed by atoms with Gasteiger partial charge in [0.2, 0.25) is 0 Å². The van der Waals surface area contributed by atoms with Gasteiger partial charge in [-0.15, -0.1) is 0 Å². The van der Waals surface area contributed by atoms with Gasteiger partial charge in [0.1, 0.15) is 6.10 Å². The van der Waals surface area contributed by atoms with Gasteiger partial charge in [0, 0.05) is 0 Å². The van der Waals surface area contributed by atoms with Crippen molar-refractivity contribution in [1.82, 2.24) is 5.32 Å². The molecule has 1 unspecified atom stereocenters. The van der Waals surface area contributed by atoms with E-state index < -0.39 is 0 Å². The monoisotopic (exact) mass is 160 g/mol. The maximum atomic E-state index is 10.6. The summed E-state index contributed by atoms with van der Waals surface area (Å²) in [5, 5.41) is 2.97. The van der Waals surface area contributed by atoms with Gasteiger partial charge in [-0.1, -0.05) is 0 Å². The lowest BCUT2D eigenvalue weighted by Crippen LogP contribution is -2.24. The highest BCUT2D eigenvalue weighted by Gasteiger charge is 2.05. The number of nitrogens with two attached hydrogens (primary N) is 1. The molecule has 0 aliphatic carbocycles. The molecule has 0 fully saturated rings. The normalized spacial score (nSPS) is 12.6. The van der Waals surface area contributed by atoms with Gasteiger partial charge in [-0.25, -0.2) is 0 Å². The van der Waals surface area contributed by atoms with Gasteiger partial charge in [-0.05, 0) is 26.9 Å². The number of esters is 1. The van der Waals surface area contributed by atoms with E-state index in [0.29, 0.717) is 0 Å². The van der Waals surface area contributed by atoms with Gasteiger partial charge in [0.05, 0.1) is 6.54 Å². The highest BCUT2D eigenvalue weighted by atomic mass is 16.5. The fourth-order valence-electron chi connectivity index (χ4n) is 0.679. The van der Waals surface area contributed by atoms with Crippen LogP contribution >= 0.6 is 0 Å². The van der Waals surface area contributed by atoms with Crippen LogP contribution in [0.3, 0.4) is 0 Å². The summed E-state index contributed by atoms with van der Waals surface area (Å²) < 4.78 is 4.90. The molecule has 0 aliphatic rings. The Hall–Kier alpha value is -0.610. The Balaban J connectivity index is 3.35. The lowest BCUT2D eigenvalue weighted by Gasteiger charge is -2.11. The number of hydrogen-bond acceptors (Lipinski definition) is 4. The van der Waals surface area contributed by atoms with E-state index in [0.717, 1.165) is 13.0 Å². The molecule has 0 aromatic carbocycles. The van der Waals surface area contributed by atoms with Crippen LogP contribution in [0.25, 0.3) is 0 Å². The van der Waals surface area contributed by atoms with Crippen LogP contribution in [0.2, 0.25) is 0 Å². The molecule has 4 nitrogen and oxygen atoms in total. The molecule has 0 bridgehead atoms. The van der Waals surface area contributed by atoms with Crippen molar-refractivity contribution in [2.75, 3.05) is 20.1 Å². The van der Waals surface area contributed by atoms with Crippen molar-refractivity contribution in [1.29, 1.82) is 0 Å². The van der Waals surface area contributed by atoms with Gasteiger partial charge >= 0.3 is 5.97 Å². The number of hydrogen-bond donors (Lipinski definition) is 2. The summed E-state index contributed by atoms with van der Waals surface area (Å²) >= 11 is 0. The van der Waals surface area contributed by atoms with E-state index in [1.165, 1.54) is 0 Å². The third-order valence-corrected chi connectivity index (χ3v) is 1.30. The van der Waals surface area contributed by atoms with Crippen LogP contribution in [0.1, 0.15) is 13.3 Å². The van der Waals surface area contributed by atoms with E-state index in [1.807, 2.05) is 14.0 Å². The van der Waals surface area contributed by atoms with Crippen molar-refractivity contribution in [2.24, 2.45) is 5.73 Å². The summed E-state index contributed by atoms with van der Waals surface area (Å²) in [5.74, 6) is -0.339. The minimum Gasteiger partial charge on any atom is -0.462 e. The van der Waals surface area contributed by atoms with Crippen LogP contribution in [0.5, 0.6) is 0 Å². The van der Waals surface area contributed by atoms with Crippen LogP contribution in [0, 0.1) is 0 Å². The average molecular weight is 160 g/mol. The first-order valence-electron chi connectivity index (χ1n) is 3.74. The van der Waals surface area contributed by atoms with Gasteiger partial charge in [0.15, 0.2) is 0 Å². The highest BCUT2D eigenvalue weighted by Crippen LogP contribution is 1.95. The van der Waals surface area contributed by atoms with Crippen LogP contribution in [-0.2, 0) is 9.53 Å². The Morgan fingerprint density at radius 1 is 1.73 bits per heavy atom. The summed E-state index contributed by atoms with van der Waals surface area (Å²) in [5.41, 5.74) is 5.06. The van der Waals surface area contributed by atoms with Crippen LogP contribution in [0.15, 0.2) is 0 Å². The van der Waals surface area contributed by atoms with Gasteiger partial charge in [0.25, 0.3) is 0 Å². The lowest BCUT2D eigenvalue weighted by atomic mass is 10.3. The van der Waals surface area contributed by atoms with E-state index in [9.17, 15) is 4.79 Å². The van der Waals surface area contributed by atoms with Crippen molar-refractivity contribution in [3.05, 3.63) is 0 Å². The Labute approximate surface area is 67.1 Å². The second kappa shape index (κ2) is 6.12. The molecule has 0 heterocycles. The van der Waals surface area contributed by atoms with E-state index in [4.69, 9.17) is 10.5 Å². The van der Waals surface area contributed by atoms with E-state index in [1.54, 1.807) is 0 Å². The molecule has 0 rings (SSSR count). The van der Waals surface area contributed by atoms with Crippen molar-refractivity contribution >= 4 is 5.97 Å². The smallest absolute Gasteiger partial charge is 0.319 e. The van der Waals surface area contributed by atoms with Crippen LogP contribution < -0.4 is 11.1 Å². The summed E-state index contributed by atoms with van der Waals surface area (Å²) in [4.78, 5) is 10.6. The van der Waals surface area contributed by atoms with Gasteiger partial charge in [-0.2, -0.15) is 0 Å². The Kier molecular flexibility index (Phi) is 5.78. The quantitative estimate of drug-likeness (QED) is 0.531. The van der Waals surface area contributed by atoms with E-state index >= 15 is 0 Å². The zero-order valence-corrected chi connectivity index (χ0v) is 7.09. The molecule has 0 aliphatic heterocycles. The van der Waals surface area contributed by atoms with E-state index in [-0.39, 0.29) is 18.6 Å². The second-order valence-electron chi connectivity index (χ2n) is 2.40. The first kappa shape index (κ1) is 10.4. The molecule has 0 radical (unpaired) electrons. The van der Waals surface area contributed by atoms with E-state index in [2.05, 4.69) is 5.32 Å². The first-order valence-corrected chi connectivity index (χ1v) is 3.74. The first-order chi connectivity index (χ1) is 5.20. The second-order valence-corrected chi connectivity index (χ2v) is 2.40. The molecule has 0 amide bonds. The molecule has 1 atom stereocenters. The van der Waals surface area contributed by atoms with Crippen molar-refractivity contribution in [3.8, 4) is 0 Å². The molecular formula is C7H16N2O2. The predicted octanol–water partition coefficient (Wildman–Crippen LogP) is -0.514. The maximum Gasteiger partial charge on any atom is 0.319 e. The topological polar surface area (TPSA) is 64.3 Å². The third-order valence-electron chi connectivity index (χ3n) is 1.30. The molecule has 11 heavy (non-hydrogen) atoms. The number of nitrogens with one attached hydrogen (secondary N) is 1. The molecule has 4 heteroatoms. The number of carbonyl (C=O) groups excluding carboxylic acids is 1. The predicted molar refractivity (Wildman–Crippen MR) is 43.2 cm³/mol. The van der Waals surface area contributed by atoms with Crippen molar-refractivity contribution < 1.29 is 9.53 Å². The zero-order valence-electron chi connectivity index (χ0n) is 7.09. The van der Waals surface area contributed by atoms with Crippen molar-refractivity contribution in [2.45, 2.75) is 19.4 Å². The lowest BCUT2D eigenvalue weighted by molar-refractivity contribution is -0.146. The fourth-order valence-corrected chi connectivity index (χ4v) is 0.679. The number of rotatable bonds is 5. The molecule has 0 saturated heterocycles. The summed E-state index contributed by atoms with van der Waals surface area (Å²) in [6.07, 6.45) is 0.779. The highest BCUT2D eigenvalue weighted by molar-refractivity contribution is 5.71. The van der Waals surface area contributed by atoms with Crippen molar-refractivity contribution in [3.63, 3.8) is 0 Å². The SMILES string of the molecule is CNCCC(C)OC(=O)CN. The Bertz CT molecular complexity index is 117. The molecule has 3 N–H and O–H groups in total. The number of ether oxygens (including phenoxy) is 1. The Morgan fingerprint density at radius 2 is 2.36 bits per heavy atom. The van der Waals surface area contributed by atoms with Gasteiger partial charge < -0.3 is 15.8 Å². The standard InChI is InChI=1S/C7H16N2O2/c1-6(3-4-9-2)11-7(10)5-8/h6,9H,3-5,8H2,1-2H3. The molecule has 0 saturated carbocycles. The molecule has 0 spiro atoms. The zero-order chi connectivity index (χ0) is 8.69. The largest absolute Gasteiger partial charge is 0.462 e. The third kappa shape index (κ3) is 5.82. The molecular weight excluding hydrogens is 144 g/mol. The maximum absolute atomic E-state index is 10.6. The molecule has 0 aromatic rings. The molecule has 66 valence electrons. The summed E-state index contributed by atoms with van der Waals surface area (Å²) in [7, 11) is 1.86.